The molecule has 1 unspecified atom stereocenters. The number of nitriles is 1. The van der Waals surface area contributed by atoms with Crippen molar-refractivity contribution < 1.29 is 13.6 Å². The molecule has 0 radical (unpaired) electrons. The molecular weight excluding hydrogens is 398 g/mol. The second-order valence-electron chi connectivity index (χ2n) is 7.05. The van der Waals surface area contributed by atoms with Crippen molar-refractivity contribution in [3.63, 3.8) is 0 Å². The lowest BCUT2D eigenvalue weighted by molar-refractivity contribution is -0.118. The lowest BCUT2D eigenvalue weighted by Gasteiger charge is -2.34. The summed E-state index contributed by atoms with van der Waals surface area (Å²) in [7, 11) is 1.77. The average Bonchev–Trinajstić information content (AvgIpc) is 2.73. The number of nitrogens with zero attached hydrogens (tertiary/aromatic N) is 2. The molecule has 0 spiro atoms. The number of hydrogen-bond donors (Lipinski definition) is 2. The summed E-state index contributed by atoms with van der Waals surface area (Å²) >= 11 is 0. The quantitative estimate of drug-likeness (QED) is 0.563. The molecule has 1 amide bonds. The van der Waals surface area contributed by atoms with Gasteiger partial charge in [-0.05, 0) is 54.5 Å². The normalized spacial score (nSPS) is 16.7. The van der Waals surface area contributed by atoms with Crippen molar-refractivity contribution in [1.29, 1.82) is 10.7 Å². The van der Waals surface area contributed by atoms with Crippen molar-refractivity contribution in [2.75, 3.05) is 7.05 Å². The molecule has 1 aliphatic heterocycles. The van der Waals surface area contributed by atoms with Crippen molar-refractivity contribution in [3.8, 4) is 6.07 Å². The van der Waals surface area contributed by atoms with E-state index in [9.17, 15) is 13.6 Å². The fraction of sp³-hybridized carbons (Fsp3) is 0.125. The summed E-state index contributed by atoms with van der Waals surface area (Å²) in [5.74, 6) is -1.77. The smallest absolute Gasteiger partial charge is 0.247 e. The van der Waals surface area contributed by atoms with Gasteiger partial charge in [-0.1, -0.05) is 18.2 Å². The Morgan fingerprint density at radius 3 is 2.52 bits per heavy atom. The van der Waals surface area contributed by atoms with Gasteiger partial charge in [-0.25, -0.2) is 8.78 Å². The fourth-order valence-electron chi connectivity index (χ4n) is 3.16. The van der Waals surface area contributed by atoms with Crippen LogP contribution in [0.5, 0.6) is 0 Å². The van der Waals surface area contributed by atoms with E-state index in [0.717, 1.165) is 17.7 Å². The first-order valence-electron chi connectivity index (χ1n) is 9.44. The third-order valence-corrected chi connectivity index (χ3v) is 4.76. The highest BCUT2D eigenvalue weighted by molar-refractivity contribution is 5.97. The molecule has 156 valence electrons. The average molecular weight is 418 g/mol. The first kappa shape index (κ1) is 21.7. The minimum Gasteiger partial charge on any atom is -0.350 e. The van der Waals surface area contributed by atoms with Gasteiger partial charge in [0.25, 0.3) is 0 Å². The first-order valence-corrected chi connectivity index (χ1v) is 9.44. The van der Waals surface area contributed by atoms with E-state index in [4.69, 9.17) is 10.7 Å². The summed E-state index contributed by atoms with van der Waals surface area (Å²) in [5, 5.41) is 19.4. The van der Waals surface area contributed by atoms with E-state index in [2.05, 4.69) is 11.4 Å². The zero-order valence-electron chi connectivity index (χ0n) is 17.0. The highest BCUT2D eigenvalue weighted by atomic mass is 19.1. The third-order valence-electron chi connectivity index (χ3n) is 4.76. The van der Waals surface area contributed by atoms with Gasteiger partial charge in [0.2, 0.25) is 5.91 Å². The molecule has 1 atom stereocenters. The largest absolute Gasteiger partial charge is 0.350 e. The van der Waals surface area contributed by atoms with Crippen LogP contribution in [0.2, 0.25) is 0 Å². The molecule has 0 saturated carbocycles. The molecule has 5 nitrogen and oxygen atoms in total. The SMILES string of the molecule is CC(=N)C=CC(=CC1NC(=O)C=C(c2ccc(C#N)cc2)N1C)c1ccc(F)cc1F. The van der Waals surface area contributed by atoms with Gasteiger partial charge in [-0.15, -0.1) is 0 Å². The number of carbonyl (C=O) groups excluding carboxylic acids is 1. The summed E-state index contributed by atoms with van der Waals surface area (Å²) in [6.07, 6.45) is 5.51. The number of carbonyl (C=O) groups is 1. The molecule has 31 heavy (non-hydrogen) atoms. The van der Waals surface area contributed by atoms with E-state index in [1.54, 1.807) is 55.3 Å². The van der Waals surface area contributed by atoms with E-state index in [0.29, 0.717) is 16.8 Å². The third kappa shape index (κ3) is 5.11. The van der Waals surface area contributed by atoms with E-state index >= 15 is 0 Å². The van der Waals surface area contributed by atoms with Crippen LogP contribution in [0.3, 0.4) is 0 Å². The number of allylic oxidation sites excluding steroid dienone is 3. The van der Waals surface area contributed by atoms with Gasteiger partial charge >= 0.3 is 0 Å². The molecule has 0 bridgehead atoms. The highest BCUT2D eigenvalue weighted by Crippen LogP contribution is 2.27. The zero-order chi connectivity index (χ0) is 22.5. The molecule has 0 saturated heterocycles. The molecule has 0 aliphatic carbocycles. The summed E-state index contributed by atoms with van der Waals surface area (Å²) in [6.45, 7) is 1.58. The minimum absolute atomic E-state index is 0.149. The number of halogens is 2. The summed E-state index contributed by atoms with van der Waals surface area (Å²) < 4.78 is 27.8. The Balaban J connectivity index is 2.02. The highest BCUT2D eigenvalue weighted by Gasteiger charge is 2.24. The van der Waals surface area contributed by atoms with Crippen molar-refractivity contribution in [2.24, 2.45) is 0 Å². The lowest BCUT2D eigenvalue weighted by atomic mass is 10.0. The van der Waals surface area contributed by atoms with Crippen molar-refractivity contribution in [3.05, 3.63) is 95.1 Å². The van der Waals surface area contributed by atoms with Gasteiger partial charge < -0.3 is 15.6 Å². The molecule has 2 aromatic rings. The number of benzene rings is 2. The van der Waals surface area contributed by atoms with Crippen LogP contribution in [0.1, 0.15) is 23.6 Å². The number of amides is 1. The standard InChI is InChI=1S/C24H20F2N4O/c1-15(28)3-6-18(20-10-9-19(25)12-21(20)26)11-23-29-24(31)13-22(30(23)2)17-7-4-16(14-27)5-8-17/h3-13,23,28H,1-2H3,(H,29,31). The molecule has 2 N–H and O–H groups in total. The van der Waals surface area contributed by atoms with Crippen LogP contribution in [-0.2, 0) is 4.79 Å². The van der Waals surface area contributed by atoms with Gasteiger partial charge in [0, 0.05) is 30.5 Å². The number of nitrogens with one attached hydrogen (secondary N) is 2. The zero-order valence-corrected chi connectivity index (χ0v) is 17.0. The second-order valence-corrected chi connectivity index (χ2v) is 7.05. The first-order chi connectivity index (χ1) is 14.8. The molecule has 7 heteroatoms. The molecule has 2 aromatic carbocycles. The van der Waals surface area contributed by atoms with Crippen LogP contribution < -0.4 is 5.32 Å². The van der Waals surface area contributed by atoms with Crippen LogP contribution in [-0.4, -0.2) is 29.7 Å². The minimum atomic E-state index is -0.744. The van der Waals surface area contributed by atoms with E-state index < -0.39 is 17.8 Å². The molecule has 0 fully saturated rings. The Bertz CT molecular complexity index is 1160. The Labute approximate surface area is 179 Å². The fourth-order valence-corrected chi connectivity index (χ4v) is 3.16. The van der Waals surface area contributed by atoms with Gasteiger partial charge in [0.05, 0.1) is 17.3 Å². The van der Waals surface area contributed by atoms with Crippen LogP contribution in [0.4, 0.5) is 8.78 Å². The number of hydrogen-bond acceptors (Lipinski definition) is 4. The lowest BCUT2D eigenvalue weighted by Crippen LogP contribution is -2.47. The Kier molecular flexibility index (Phi) is 6.41. The van der Waals surface area contributed by atoms with Gasteiger partial charge in [-0.3, -0.25) is 4.79 Å². The van der Waals surface area contributed by atoms with Crippen molar-refractivity contribution in [1.82, 2.24) is 10.2 Å². The Hall–Kier alpha value is -4.05. The Morgan fingerprint density at radius 2 is 1.90 bits per heavy atom. The molecule has 1 heterocycles. The van der Waals surface area contributed by atoms with Crippen LogP contribution in [0, 0.1) is 28.4 Å². The maximum atomic E-state index is 14.5. The van der Waals surface area contributed by atoms with Gasteiger partial charge in [0.1, 0.15) is 17.8 Å². The van der Waals surface area contributed by atoms with Crippen LogP contribution >= 0.6 is 0 Å². The van der Waals surface area contributed by atoms with E-state index in [1.165, 1.54) is 18.2 Å². The predicted octanol–water partition coefficient (Wildman–Crippen LogP) is 4.24. The monoisotopic (exact) mass is 418 g/mol. The van der Waals surface area contributed by atoms with E-state index in [1.807, 2.05) is 0 Å². The topological polar surface area (TPSA) is 80.0 Å². The van der Waals surface area contributed by atoms with Crippen molar-refractivity contribution in [2.45, 2.75) is 13.1 Å². The molecule has 0 aromatic heterocycles. The molecular formula is C24H20F2N4O. The Morgan fingerprint density at radius 1 is 1.19 bits per heavy atom. The molecule has 3 rings (SSSR count). The summed E-state index contributed by atoms with van der Waals surface area (Å²) in [5.41, 5.74) is 2.67. The van der Waals surface area contributed by atoms with Gasteiger partial charge in [-0.2, -0.15) is 5.26 Å². The molecule has 1 aliphatic rings. The second kappa shape index (κ2) is 9.18. The summed E-state index contributed by atoms with van der Waals surface area (Å²) in [4.78, 5) is 14.2. The number of likely N-dealkylation sites (N-methyl/N-ethyl adjacent to an activating group) is 1. The van der Waals surface area contributed by atoms with Gasteiger partial charge in [0.15, 0.2) is 0 Å². The number of rotatable bonds is 5. The van der Waals surface area contributed by atoms with Crippen molar-refractivity contribution >= 4 is 22.9 Å². The maximum Gasteiger partial charge on any atom is 0.247 e. The maximum absolute atomic E-state index is 14.5. The summed E-state index contributed by atoms with van der Waals surface area (Å²) in [6, 6.07) is 12.1. The van der Waals surface area contributed by atoms with E-state index in [-0.39, 0.29) is 17.2 Å². The van der Waals surface area contributed by atoms with Crippen LogP contribution in [0.15, 0.2) is 66.8 Å². The predicted molar refractivity (Wildman–Crippen MR) is 116 cm³/mol. The van der Waals surface area contributed by atoms with Crippen LogP contribution in [0.25, 0.3) is 11.3 Å².